The third-order valence-corrected chi connectivity index (χ3v) is 8.37. The van der Waals surface area contributed by atoms with Crippen molar-refractivity contribution >= 4 is 17.8 Å². The maximum absolute atomic E-state index is 13.4. The van der Waals surface area contributed by atoms with Crippen LogP contribution in [0.25, 0.3) is 6.08 Å². The first-order valence-electron chi connectivity index (χ1n) is 14.4. The molecule has 3 aromatic rings. The van der Waals surface area contributed by atoms with Crippen molar-refractivity contribution in [2.24, 2.45) is 17.1 Å². The molecule has 0 unspecified atom stereocenters. The van der Waals surface area contributed by atoms with Crippen molar-refractivity contribution in [2.75, 3.05) is 6.61 Å². The second kappa shape index (κ2) is 11.9. The molecule has 2 aliphatic carbocycles. The second-order valence-electron chi connectivity index (χ2n) is 11.8. The van der Waals surface area contributed by atoms with Crippen LogP contribution in [0.1, 0.15) is 77.4 Å². The fourth-order valence-electron chi connectivity index (χ4n) is 6.37. The number of aliphatic hydroxyl groups is 1. The minimum atomic E-state index is -0.676. The standard InChI is InChI=1S/C35H39NO4/c1-23(2)18-31(36)34(39)40-33-30-11-6-5-10-28(30)22-35(33,29-19-26-8-3-4-9-27(26)20-29)21-24-13-15-25(16-14-24)32(38)12-7-17-37/h3-6,8-11,13-16,19,23,31,33,37H,7,12,17-18,20-22,36H2,1-2H3/t31-,33+,35-/m0/s1. The third-order valence-electron chi connectivity index (χ3n) is 8.37. The predicted molar refractivity (Wildman–Crippen MR) is 158 cm³/mol. The molecule has 5 nitrogen and oxygen atoms in total. The summed E-state index contributed by atoms with van der Waals surface area (Å²) in [5, 5.41) is 9.10. The summed E-state index contributed by atoms with van der Waals surface area (Å²) >= 11 is 0. The van der Waals surface area contributed by atoms with Gasteiger partial charge in [0.15, 0.2) is 5.78 Å². The Bertz CT molecular complexity index is 1410. The van der Waals surface area contributed by atoms with Gasteiger partial charge in [0, 0.05) is 24.0 Å². The molecule has 0 saturated heterocycles. The topological polar surface area (TPSA) is 89.6 Å². The predicted octanol–water partition coefficient (Wildman–Crippen LogP) is 6.02. The molecule has 0 saturated carbocycles. The summed E-state index contributed by atoms with van der Waals surface area (Å²) < 4.78 is 6.42. The highest BCUT2D eigenvalue weighted by atomic mass is 16.5. The molecule has 0 aromatic heterocycles. The lowest BCUT2D eigenvalue weighted by Gasteiger charge is -2.38. The summed E-state index contributed by atoms with van der Waals surface area (Å²) in [5.74, 6) is -0.0435. The van der Waals surface area contributed by atoms with Gasteiger partial charge in [0.2, 0.25) is 0 Å². The van der Waals surface area contributed by atoms with Crippen molar-refractivity contribution in [2.45, 2.75) is 64.5 Å². The molecular weight excluding hydrogens is 498 g/mol. The van der Waals surface area contributed by atoms with E-state index in [1.54, 1.807) is 0 Å². The first kappa shape index (κ1) is 28.0. The van der Waals surface area contributed by atoms with Crippen LogP contribution in [0, 0.1) is 11.3 Å². The Morgan fingerprint density at radius 2 is 1.70 bits per heavy atom. The van der Waals surface area contributed by atoms with Crippen LogP contribution in [-0.2, 0) is 28.8 Å². The molecule has 208 valence electrons. The van der Waals surface area contributed by atoms with Crippen LogP contribution in [0.2, 0.25) is 0 Å². The van der Waals surface area contributed by atoms with Crippen molar-refractivity contribution in [1.82, 2.24) is 0 Å². The number of ketones is 1. The van der Waals surface area contributed by atoms with Crippen LogP contribution in [0.4, 0.5) is 0 Å². The van der Waals surface area contributed by atoms with Crippen molar-refractivity contribution < 1.29 is 19.4 Å². The van der Waals surface area contributed by atoms with Crippen LogP contribution >= 0.6 is 0 Å². The highest BCUT2D eigenvalue weighted by molar-refractivity contribution is 5.96. The minimum Gasteiger partial charge on any atom is -0.455 e. The zero-order valence-corrected chi connectivity index (χ0v) is 23.4. The fourth-order valence-corrected chi connectivity index (χ4v) is 6.37. The van der Waals surface area contributed by atoms with E-state index in [0.29, 0.717) is 31.2 Å². The molecule has 0 spiro atoms. The van der Waals surface area contributed by atoms with Crippen LogP contribution in [-0.4, -0.2) is 29.5 Å². The first-order valence-corrected chi connectivity index (χ1v) is 14.4. The van der Waals surface area contributed by atoms with E-state index in [2.05, 4.69) is 56.3 Å². The Hall–Kier alpha value is -3.54. The van der Waals surface area contributed by atoms with Crippen LogP contribution < -0.4 is 5.73 Å². The van der Waals surface area contributed by atoms with E-state index >= 15 is 0 Å². The molecule has 0 heterocycles. The van der Waals surface area contributed by atoms with Gasteiger partial charge < -0.3 is 15.6 Å². The summed E-state index contributed by atoms with van der Waals surface area (Å²) in [5.41, 5.74) is 13.5. The molecule has 3 atom stereocenters. The Morgan fingerprint density at radius 1 is 1.00 bits per heavy atom. The smallest absolute Gasteiger partial charge is 0.323 e. The molecule has 40 heavy (non-hydrogen) atoms. The quantitative estimate of drug-likeness (QED) is 0.230. The van der Waals surface area contributed by atoms with Gasteiger partial charge in [0.1, 0.15) is 12.1 Å². The molecule has 2 aliphatic rings. The van der Waals surface area contributed by atoms with Gasteiger partial charge in [-0.3, -0.25) is 9.59 Å². The zero-order chi connectivity index (χ0) is 28.3. The zero-order valence-electron chi connectivity index (χ0n) is 23.4. The Balaban J connectivity index is 1.54. The van der Waals surface area contributed by atoms with E-state index in [9.17, 15) is 9.59 Å². The summed E-state index contributed by atoms with van der Waals surface area (Å²) in [6.07, 6.45) is 5.37. The number of benzene rings is 3. The number of Topliss-reactive ketones (excluding diaryl/α,β-unsaturated/α-hetero) is 1. The number of ether oxygens (including phenoxy) is 1. The SMILES string of the molecule is CC(C)C[C@H](N)C(=O)O[C@@H]1c2ccccc2C[C@@]1(Cc1ccc(C(=O)CCCO)cc1)C1=Cc2ccccc2C1. The molecule has 0 amide bonds. The number of fused-ring (bicyclic) bond motifs is 2. The molecular formula is C35H39NO4. The van der Waals surface area contributed by atoms with E-state index < -0.39 is 17.6 Å². The highest BCUT2D eigenvalue weighted by Gasteiger charge is 2.51. The number of hydrogen-bond donors (Lipinski definition) is 2. The van der Waals surface area contributed by atoms with Gasteiger partial charge in [0.05, 0.1) is 0 Å². The number of hydrogen-bond acceptors (Lipinski definition) is 5. The fraction of sp³-hybridized carbons (Fsp3) is 0.371. The van der Waals surface area contributed by atoms with E-state index in [1.807, 2.05) is 36.4 Å². The minimum absolute atomic E-state index is 0.00530. The first-order chi connectivity index (χ1) is 19.3. The third kappa shape index (κ3) is 5.67. The molecule has 0 aliphatic heterocycles. The Kier molecular flexibility index (Phi) is 8.34. The van der Waals surface area contributed by atoms with Gasteiger partial charge >= 0.3 is 5.97 Å². The number of carbonyl (C=O) groups is 2. The lowest BCUT2D eigenvalue weighted by Crippen LogP contribution is -2.39. The molecule has 5 heteroatoms. The molecule has 3 aromatic carbocycles. The van der Waals surface area contributed by atoms with Gasteiger partial charge in [-0.1, -0.05) is 98.3 Å². The van der Waals surface area contributed by atoms with Crippen molar-refractivity contribution in [1.29, 1.82) is 0 Å². The molecule has 5 rings (SSSR count). The van der Waals surface area contributed by atoms with Crippen molar-refractivity contribution in [3.8, 4) is 0 Å². The van der Waals surface area contributed by atoms with Crippen LogP contribution in [0.3, 0.4) is 0 Å². The lowest BCUT2D eigenvalue weighted by atomic mass is 9.70. The summed E-state index contributed by atoms with van der Waals surface area (Å²) in [7, 11) is 0. The number of nitrogens with two attached hydrogens (primary N) is 1. The van der Waals surface area contributed by atoms with Crippen molar-refractivity contribution in [3.05, 3.63) is 112 Å². The molecule has 0 fully saturated rings. The number of rotatable bonds is 11. The lowest BCUT2D eigenvalue weighted by molar-refractivity contribution is -0.156. The van der Waals surface area contributed by atoms with Gasteiger partial charge in [-0.2, -0.15) is 0 Å². The van der Waals surface area contributed by atoms with Gasteiger partial charge in [-0.15, -0.1) is 0 Å². The molecule has 3 N–H and O–H groups in total. The summed E-state index contributed by atoms with van der Waals surface area (Å²) in [4.78, 5) is 25.9. The average molecular weight is 538 g/mol. The monoisotopic (exact) mass is 537 g/mol. The van der Waals surface area contributed by atoms with Gasteiger partial charge in [-0.25, -0.2) is 0 Å². The van der Waals surface area contributed by atoms with E-state index in [0.717, 1.165) is 24.0 Å². The second-order valence-corrected chi connectivity index (χ2v) is 11.8. The highest BCUT2D eigenvalue weighted by Crippen LogP contribution is 2.56. The number of carbonyl (C=O) groups excluding carboxylic acids is 2. The van der Waals surface area contributed by atoms with Gasteiger partial charge in [0.25, 0.3) is 0 Å². The number of aliphatic hydroxyl groups excluding tert-OH is 1. The van der Waals surface area contributed by atoms with E-state index in [4.69, 9.17) is 15.6 Å². The van der Waals surface area contributed by atoms with Gasteiger partial charge in [-0.05, 0) is 65.8 Å². The molecule has 0 radical (unpaired) electrons. The Morgan fingerprint density at radius 3 is 2.40 bits per heavy atom. The van der Waals surface area contributed by atoms with Crippen LogP contribution in [0.5, 0.6) is 0 Å². The van der Waals surface area contributed by atoms with Crippen molar-refractivity contribution in [3.63, 3.8) is 0 Å². The van der Waals surface area contributed by atoms with Crippen LogP contribution in [0.15, 0.2) is 78.4 Å². The average Bonchev–Trinajstić information content (AvgIpc) is 3.52. The maximum Gasteiger partial charge on any atom is 0.323 e. The largest absolute Gasteiger partial charge is 0.455 e. The summed E-state index contributed by atoms with van der Waals surface area (Å²) in [6.45, 7) is 4.12. The maximum atomic E-state index is 13.4. The summed E-state index contributed by atoms with van der Waals surface area (Å²) in [6, 6.07) is 23.8. The normalized spacial score (nSPS) is 20.1. The molecule has 0 bridgehead atoms. The van der Waals surface area contributed by atoms with E-state index in [-0.39, 0.29) is 24.3 Å². The van der Waals surface area contributed by atoms with E-state index in [1.165, 1.54) is 22.3 Å². The number of esters is 1. The Labute approximate surface area is 237 Å².